The molecule has 0 radical (unpaired) electrons. The molecule has 0 saturated carbocycles. The van der Waals surface area contributed by atoms with Gasteiger partial charge in [0.15, 0.2) is 5.69 Å². The first-order valence-corrected chi connectivity index (χ1v) is 3.37. The Kier molecular flexibility index (Phi) is 2.19. The average molecular weight is 222 g/mol. The molecular weight excluding hydrogens is 220 g/mol. The van der Waals surface area contributed by atoms with Gasteiger partial charge in [-0.1, -0.05) is 0 Å². The molecule has 0 aliphatic heterocycles. The summed E-state index contributed by atoms with van der Waals surface area (Å²) in [6.07, 6.45) is 1.06. The Balaban J connectivity index is 3.07. The van der Waals surface area contributed by atoms with Crippen LogP contribution in [0.15, 0.2) is 10.7 Å². The van der Waals surface area contributed by atoms with E-state index in [2.05, 4.69) is 21.0 Å². The molecule has 0 amide bonds. The summed E-state index contributed by atoms with van der Waals surface area (Å²) in [5.41, 5.74) is -0.0368. The lowest BCUT2D eigenvalue weighted by molar-refractivity contribution is 0.0564. The molecule has 6 heteroatoms. The lowest BCUT2D eigenvalue weighted by Crippen LogP contribution is -1.97. The topological polar surface area (TPSA) is 41.6 Å². The predicted molar refractivity (Wildman–Crippen MR) is 35.9 cm³/mol. The van der Waals surface area contributed by atoms with Gasteiger partial charge in [0.2, 0.25) is 0 Å². The minimum absolute atomic E-state index is 0.0368. The van der Waals surface area contributed by atoms with Crippen molar-refractivity contribution in [1.29, 1.82) is 5.26 Å². The molecule has 1 rings (SSSR count). The van der Waals surface area contributed by atoms with Gasteiger partial charge in [-0.2, -0.15) is 19.1 Å². The van der Waals surface area contributed by atoms with E-state index in [1.807, 2.05) is 0 Å². The molecule has 1 heterocycles. The molecule has 0 aromatic carbocycles. The van der Waals surface area contributed by atoms with Gasteiger partial charge in [-0.05, 0) is 15.9 Å². The number of nitrogens with zero attached hydrogens (tertiary/aromatic N) is 3. The Morgan fingerprint density at radius 2 is 2.36 bits per heavy atom. The summed E-state index contributed by atoms with van der Waals surface area (Å²) in [6.45, 7) is -2.70. The van der Waals surface area contributed by atoms with E-state index in [9.17, 15) is 8.78 Å². The van der Waals surface area contributed by atoms with Crippen molar-refractivity contribution in [2.75, 3.05) is 0 Å². The van der Waals surface area contributed by atoms with Crippen molar-refractivity contribution in [3.63, 3.8) is 0 Å². The summed E-state index contributed by atoms with van der Waals surface area (Å²) in [7, 11) is 0. The molecule has 0 fully saturated rings. The normalized spacial score (nSPS) is 10.1. The van der Waals surface area contributed by atoms with Gasteiger partial charge < -0.3 is 0 Å². The maximum absolute atomic E-state index is 11.9. The highest BCUT2D eigenvalue weighted by Gasteiger charge is 2.11. The lowest BCUT2D eigenvalue weighted by Gasteiger charge is -1.93. The highest BCUT2D eigenvalue weighted by Crippen LogP contribution is 2.17. The van der Waals surface area contributed by atoms with Crippen molar-refractivity contribution in [3.05, 3.63) is 16.4 Å². The summed E-state index contributed by atoms with van der Waals surface area (Å²) < 4.78 is 24.4. The van der Waals surface area contributed by atoms with Gasteiger partial charge in [-0.3, -0.25) is 0 Å². The molecular formula is C5H2BrF2N3. The summed E-state index contributed by atoms with van der Waals surface area (Å²) in [6, 6.07) is 1.66. The zero-order valence-corrected chi connectivity index (χ0v) is 6.72. The standard InChI is InChI=1S/C5H2BrF2N3/c6-3-2-11(5(7)8)10-4(3)1-9/h2,5H. The van der Waals surface area contributed by atoms with Gasteiger partial charge in [0, 0.05) is 6.20 Å². The van der Waals surface area contributed by atoms with Crippen molar-refractivity contribution >= 4 is 15.9 Å². The number of nitriles is 1. The second kappa shape index (κ2) is 2.96. The van der Waals surface area contributed by atoms with Crippen molar-refractivity contribution in [2.45, 2.75) is 6.55 Å². The maximum Gasteiger partial charge on any atom is 0.333 e. The minimum atomic E-state index is -2.70. The monoisotopic (exact) mass is 221 g/mol. The number of rotatable bonds is 1. The molecule has 0 spiro atoms. The van der Waals surface area contributed by atoms with Crippen LogP contribution in [0.1, 0.15) is 12.2 Å². The minimum Gasteiger partial charge on any atom is -0.209 e. The van der Waals surface area contributed by atoms with Crippen LogP contribution in [0.5, 0.6) is 0 Å². The van der Waals surface area contributed by atoms with Crippen molar-refractivity contribution in [2.24, 2.45) is 0 Å². The van der Waals surface area contributed by atoms with E-state index >= 15 is 0 Å². The third-order valence-corrected chi connectivity index (χ3v) is 1.57. The number of halogens is 3. The highest BCUT2D eigenvalue weighted by molar-refractivity contribution is 9.10. The molecule has 0 saturated heterocycles. The van der Waals surface area contributed by atoms with Gasteiger partial charge in [-0.15, -0.1) is 0 Å². The second-order valence-corrected chi connectivity index (χ2v) is 2.55. The van der Waals surface area contributed by atoms with E-state index in [1.54, 1.807) is 6.07 Å². The molecule has 0 unspecified atom stereocenters. The van der Waals surface area contributed by atoms with Crippen LogP contribution in [0.2, 0.25) is 0 Å². The Bertz CT molecular complexity index is 301. The molecule has 0 aliphatic carbocycles. The van der Waals surface area contributed by atoms with Crippen LogP contribution in [-0.2, 0) is 0 Å². The summed E-state index contributed by atoms with van der Waals surface area (Å²) in [5.74, 6) is 0. The third-order valence-electron chi connectivity index (χ3n) is 0.993. The molecule has 0 bridgehead atoms. The first-order chi connectivity index (χ1) is 5.15. The maximum atomic E-state index is 11.9. The van der Waals surface area contributed by atoms with Gasteiger partial charge in [-0.25, -0.2) is 4.68 Å². The van der Waals surface area contributed by atoms with E-state index < -0.39 is 6.55 Å². The highest BCUT2D eigenvalue weighted by atomic mass is 79.9. The summed E-state index contributed by atoms with van der Waals surface area (Å²) in [5, 5.41) is 11.6. The number of hydrogen-bond acceptors (Lipinski definition) is 2. The Labute approximate surface area is 69.4 Å². The fraction of sp³-hybridized carbons (Fsp3) is 0.200. The van der Waals surface area contributed by atoms with Crippen LogP contribution >= 0.6 is 15.9 Å². The van der Waals surface area contributed by atoms with Crippen LogP contribution in [0, 0.1) is 11.3 Å². The summed E-state index contributed by atoms with van der Waals surface area (Å²) >= 11 is 2.91. The van der Waals surface area contributed by atoms with Gasteiger partial charge in [0.1, 0.15) is 6.07 Å². The zero-order chi connectivity index (χ0) is 8.43. The van der Waals surface area contributed by atoms with Gasteiger partial charge in [0.05, 0.1) is 4.47 Å². The average Bonchev–Trinajstić information content (AvgIpc) is 2.31. The SMILES string of the molecule is N#Cc1nn(C(F)F)cc1Br. The van der Waals surface area contributed by atoms with Crippen LogP contribution in [0.4, 0.5) is 8.78 Å². The van der Waals surface area contributed by atoms with Gasteiger partial charge in [0.25, 0.3) is 0 Å². The Morgan fingerprint density at radius 3 is 2.64 bits per heavy atom. The molecule has 3 nitrogen and oxygen atoms in total. The lowest BCUT2D eigenvalue weighted by atomic mass is 10.5. The quantitative estimate of drug-likeness (QED) is 0.728. The molecule has 58 valence electrons. The Hall–Kier alpha value is -0.960. The summed E-state index contributed by atoms with van der Waals surface area (Å²) in [4.78, 5) is 0. The number of alkyl halides is 2. The van der Waals surface area contributed by atoms with E-state index in [-0.39, 0.29) is 10.2 Å². The zero-order valence-electron chi connectivity index (χ0n) is 5.13. The number of aromatic nitrogens is 2. The molecule has 0 aliphatic rings. The molecule has 11 heavy (non-hydrogen) atoms. The second-order valence-electron chi connectivity index (χ2n) is 1.70. The van der Waals surface area contributed by atoms with Crippen LogP contribution in [0.3, 0.4) is 0 Å². The van der Waals surface area contributed by atoms with E-state index in [1.165, 1.54) is 0 Å². The first kappa shape index (κ1) is 8.14. The Morgan fingerprint density at radius 1 is 1.73 bits per heavy atom. The third kappa shape index (κ3) is 1.54. The van der Waals surface area contributed by atoms with Gasteiger partial charge >= 0.3 is 6.55 Å². The largest absolute Gasteiger partial charge is 0.333 e. The fourth-order valence-corrected chi connectivity index (χ4v) is 0.923. The van der Waals surface area contributed by atoms with Crippen LogP contribution < -0.4 is 0 Å². The van der Waals surface area contributed by atoms with Crippen molar-refractivity contribution in [3.8, 4) is 6.07 Å². The first-order valence-electron chi connectivity index (χ1n) is 2.58. The van der Waals surface area contributed by atoms with Crippen molar-refractivity contribution in [1.82, 2.24) is 9.78 Å². The molecule has 0 N–H and O–H groups in total. The fourth-order valence-electron chi connectivity index (χ4n) is 0.545. The van der Waals surface area contributed by atoms with E-state index in [0.29, 0.717) is 4.68 Å². The number of hydrogen-bond donors (Lipinski definition) is 0. The predicted octanol–water partition coefficient (Wildman–Crippen LogP) is 1.91. The van der Waals surface area contributed by atoms with Crippen LogP contribution in [-0.4, -0.2) is 9.78 Å². The molecule has 1 aromatic heterocycles. The van der Waals surface area contributed by atoms with Crippen molar-refractivity contribution < 1.29 is 8.78 Å². The molecule has 0 atom stereocenters. The van der Waals surface area contributed by atoms with E-state index in [0.717, 1.165) is 6.20 Å². The van der Waals surface area contributed by atoms with Crippen LogP contribution in [0.25, 0.3) is 0 Å². The molecule has 1 aromatic rings. The van der Waals surface area contributed by atoms with E-state index in [4.69, 9.17) is 5.26 Å². The smallest absolute Gasteiger partial charge is 0.209 e.